The molecule has 1 aliphatic rings. The Morgan fingerprint density at radius 3 is 1.03 bits per heavy atom. The van der Waals surface area contributed by atoms with E-state index < -0.39 is 39.4 Å². The Bertz CT molecular complexity index is 925. The van der Waals surface area contributed by atoms with E-state index in [2.05, 4.69) is 0 Å². The first kappa shape index (κ1) is 23.6. The van der Waals surface area contributed by atoms with Gasteiger partial charge in [-0.1, -0.05) is 54.6 Å². The Morgan fingerprint density at radius 1 is 0.485 bits per heavy atom. The fraction of sp³-hybridized carbons (Fsp3) is 0.143. The maximum atomic E-state index is 13.9. The van der Waals surface area contributed by atoms with Crippen molar-refractivity contribution >= 4 is 22.0 Å². The first-order valence-electron chi connectivity index (χ1n) is 10.1. The van der Waals surface area contributed by atoms with E-state index in [4.69, 9.17) is 27.7 Å². The molecule has 0 radical (unpaired) electrons. The lowest BCUT2D eigenvalue weighted by atomic mass is 9.96. The Labute approximate surface area is 190 Å². The minimum absolute atomic E-state index is 0.169. The molecule has 0 aromatic heterocycles. The number of hydrogen-bond acceptors (Lipinski definition) is 6. The van der Waals surface area contributed by atoms with Crippen molar-refractivity contribution in [2.24, 2.45) is 0 Å². The van der Waals surface area contributed by atoms with Crippen LogP contribution < -0.4 is 0 Å². The van der Waals surface area contributed by atoms with Gasteiger partial charge in [0.05, 0.1) is 19.8 Å². The number of benzene rings is 3. The van der Waals surface area contributed by atoms with Crippen LogP contribution in [0.5, 0.6) is 0 Å². The van der Waals surface area contributed by atoms with Crippen LogP contribution in [0.2, 0.25) is 0 Å². The molecule has 0 aliphatic carbocycles. The van der Waals surface area contributed by atoms with Crippen molar-refractivity contribution in [3.63, 3.8) is 0 Å². The second kappa shape index (κ2) is 11.5. The van der Waals surface area contributed by atoms with Crippen LogP contribution in [0.15, 0.2) is 72.8 Å². The van der Waals surface area contributed by atoms with Gasteiger partial charge in [-0.3, -0.25) is 0 Å². The summed E-state index contributed by atoms with van der Waals surface area (Å²) in [4.78, 5) is 0. The SMILES string of the molecule is Fc1ccccc1COB1OB(OCc2ccccc2F)OB(OCc2ccccc2F)O1. The van der Waals surface area contributed by atoms with Crippen molar-refractivity contribution in [2.45, 2.75) is 19.8 Å². The molecule has 0 amide bonds. The van der Waals surface area contributed by atoms with Crippen LogP contribution in [0.1, 0.15) is 16.7 Å². The number of rotatable bonds is 9. The third-order valence-electron chi connectivity index (χ3n) is 4.66. The van der Waals surface area contributed by atoms with Gasteiger partial charge >= 0.3 is 22.0 Å². The largest absolute Gasteiger partial charge is 0.615 e. The summed E-state index contributed by atoms with van der Waals surface area (Å²) in [5, 5.41) is 0. The molecule has 0 atom stereocenters. The van der Waals surface area contributed by atoms with Gasteiger partial charge < -0.3 is 27.7 Å². The van der Waals surface area contributed by atoms with E-state index in [1.807, 2.05) is 0 Å². The summed E-state index contributed by atoms with van der Waals surface area (Å²) >= 11 is 0. The zero-order valence-corrected chi connectivity index (χ0v) is 17.4. The van der Waals surface area contributed by atoms with E-state index in [0.717, 1.165) is 0 Å². The summed E-state index contributed by atoms with van der Waals surface area (Å²) in [7, 11) is -4.06. The molecule has 0 bridgehead atoms. The van der Waals surface area contributed by atoms with E-state index in [1.165, 1.54) is 18.2 Å². The van der Waals surface area contributed by atoms with Crippen molar-refractivity contribution in [3.8, 4) is 0 Å². The van der Waals surface area contributed by atoms with Gasteiger partial charge in [0.15, 0.2) is 0 Å². The Morgan fingerprint density at radius 2 is 0.758 bits per heavy atom. The molecular weight excluding hydrogens is 438 g/mol. The second-order valence-electron chi connectivity index (χ2n) is 6.98. The van der Waals surface area contributed by atoms with Crippen molar-refractivity contribution in [2.75, 3.05) is 0 Å². The maximum Gasteiger partial charge on any atom is 0.615 e. The van der Waals surface area contributed by atoms with E-state index in [1.54, 1.807) is 54.6 Å². The molecule has 4 rings (SSSR count). The summed E-state index contributed by atoms with van der Waals surface area (Å²) in [6.07, 6.45) is 0. The highest BCUT2D eigenvalue weighted by atomic mass is 19.1. The quantitative estimate of drug-likeness (QED) is 0.453. The van der Waals surface area contributed by atoms with Crippen molar-refractivity contribution in [1.29, 1.82) is 0 Å². The minimum Gasteiger partial charge on any atom is -0.400 e. The van der Waals surface area contributed by atoms with E-state index in [9.17, 15) is 13.2 Å². The van der Waals surface area contributed by atoms with Crippen LogP contribution in [-0.2, 0) is 47.5 Å². The molecular formula is C21H18B3F3O6. The maximum absolute atomic E-state index is 13.9. The number of hydrogen-bond donors (Lipinski definition) is 0. The average Bonchev–Trinajstić information content (AvgIpc) is 2.82. The summed E-state index contributed by atoms with van der Waals surface area (Å²) < 4.78 is 74.4. The first-order chi connectivity index (χ1) is 16.1. The third-order valence-corrected chi connectivity index (χ3v) is 4.66. The Balaban J connectivity index is 1.39. The highest BCUT2D eigenvalue weighted by Crippen LogP contribution is 2.18. The van der Waals surface area contributed by atoms with Crippen molar-refractivity contribution in [3.05, 3.63) is 107 Å². The predicted molar refractivity (Wildman–Crippen MR) is 114 cm³/mol. The average molecular weight is 456 g/mol. The highest BCUT2D eigenvalue weighted by Gasteiger charge is 2.46. The standard InChI is InChI=1S/C21H18B3F3O6/c25-19-10-4-1-7-16(19)13-28-22-31-23(29-14-17-8-2-5-11-20(17)26)33-24(32-22)30-15-18-9-3-6-12-21(18)27/h1-12H,13-15H2. The molecule has 1 fully saturated rings. The van der Waals surface area contributed by atoms with Gasteiger partial charge in [0.1, 0.15) is 17.5 Å². The van der Waals surface area contributed by atoms with Crippen LogP contribution in [-0.4, -0.2) is 22.0 Å². The molecule has 6 nitrogen and oxygen atoms in total. The van der Waals surface area contributed by atoms with Gasteiger partial charge in [-0.05, 0) is 18.2 Å². The zero-order chi connectivity index (χ0) is 23.0. The summed E-state index contributed by atoms with van der Waals surface area (Å²) in [6.45, 7) is -0.508. The van der Waals surface area contributed by atoms with E-state index in [0.29, 0.717) is 0 Å². The van der Waals surface area contributed by atoms with Crippen molar-refractivity contribution < 1.29 is 40.8 Å². The molecule has 0 unspecified atom stereocenters. The van der Waals surface area contributed by atoms with E-state index in [-0.39, 0.29) is 36.5 Å². The lowest BCUT2D eigenvalue weighted by Gasteiger charge is -2.28. The smallest absolute Gasteiger partial charge is 0.400 e. The first-order valence-corrected chi connectivity index (χ1v) is 10.1. The Hall–Kier alpha value is -2.60. The molecule has 1 aliphatic heterocycles. The summed E-state index contributed by atoms with van der Waals surface area (Å²) in [5.41, 5.74) is 0.844. The molecule has 12 heteroatoms. The normalized spacial score (nSPS) is 14.1. The molecule has 168 valence electrons. The molecule has 3 aromatic carbocycles. The van der Waals surface area contributed by atoms with Crippen LogP contribution in [0.3, 0.4) is 0 Å². The van der Waals surface area contributed by atoms with Gasteiger partial charge in [-0.25, -0.2) is 13.2 Å². The van der Waals surface area contributed by atoms with E-state index >= 15 is 0 Å². The van der Waals surface area contributed by atoms with Gasteiger partial charge in [-0.15, -0.1) is 0 Å². The van der Waals surface area contributed by atoms with Crippen LogP contribution in [0.25, 0.3) is 0 Å². The monoisotopic (exact) mass is 456 g/mol. The van der Waals surface area contributed by atoms with Crippen molar-refractivity contribution in [1.82, 2.24) is 0 Å². The van der Waals surface area contributed by atoms with Crippen LogP contribution >= 0.6 is 0 Å². The minimum atomic E-state index is -1.35. The lowest BCUT2D eigenvalue weighted by molar-refractivity contribution is 0.0574. The van der Waals surface area contributed by atoms with Crippen LogP contribution in [0, 0.1) is 17.5 Å². The van der Waals surface area contributed by atoms with Gasteiger partial charge in [0.2, 0.25) is 0 Å². The molecule has 0 N–H and O–H groups in total. The molecule has 1 saturated heterocycles. The molecule has 0 spiro atoms. The number of halogens is 3. The molecule has 33 heavy (non-hydrogen) atoms. The lowest BCUT2D eigenvalue weighted by Crippen LogP contribution is -2.52. The highest BCUT2D eigenvalue weighted by molar-refractivity contribution is 6.66. The Kier molecular flexibility index (Phi) is 8.22. The van der Waals surface area contributed by atoms with Crippen LogP contribution in [0.4, 0.5) is 13.2 Å². The topological polar surface area (TPSA) is 55.4 Å². The third kappa shape index (κ3) is 6.70. The summed E-state index contributed by atoms with van der Waals surface area (Å²) in [6, 6.07) is 18.2. The zero-order valence-electron chi connectivity index (χ0n) is 17.4. The molecule has 3 aromatic rings. The second-order valence-corrected chi connectivity index (χ2v) is 6.98. The fourth-order valence-electron chi connectivity index (χ4n) is 2.92. The fourth-order valence-corrected chi connectivity index (χ4v) is 2.92. The predicted octanol–water partition coefficient (Wildman–Crippen LogP) is 4.07. The molecule has 1 heterocycles. The van der Waals surface area contributed by atoms with Gasteiger partial charge in [0.25, 0.3) is 0 Å². The summed E-state index contributed by atoms with van der Waals surface area (Å²) in [5.74, 6) is -1.36. The van der Waals surface area contributed by atoms with Gasteiger partial charge in [0, 0.05) is 16.7 Å². The molecule has 0 saturated carbocycles. The van der Waals surface area contributed by atoms with Gasteiger partial charge in [-0.2, -0.15) is 0 Å².